The lowest BCUT2D eigenvalue weighted by atomic mass is 9.94. The number of aryl methyl sites for hydroxylation is 1. The molecular formula is C15H20N6. The standard InChI is InChI=1S/C15H20N6/c16-15-18-13-5-1-4-11(13)14(19-15)21-8-2-3-10(9-21)12-6-7-17-20-12/h6-7,10H,1-5,8-9H2,(H,17,20)(H2,16,18,19). The molecular weight excluding hydrogens is 264 g/mol. The van der Waals surface area contributed by atoms with Crippen molar-refractivity contribution in [1.29, 1.82) is 0 Å². The minimum absolute atomic E-state index is 0.411. The first-order valence-electron chi connectivity index (χ1n) is 7.71. The number of nitrogens with zero attached hydrogens (tertiary/aromatic N) is 4. The summed E-state index contributed by atoms with van der Waals surface area (Å²) in [5.41, 5.74) is 9.59. The van der Waals surface area contributed by atoms with Crippen molar-refractivity contribution in [3.63, 3.8) is 0 Å². The minimum atomic E-state index is 0.411. The van der Waals surface area contributed by atoms with E-state index in [-0.39, 0.29) is 0 Å². The van der Waals surface area contributed by atoms with E-state index < -0.39 is 0 Å². The van der Waals surface area contributed by atoms with E-state index in [2.05, 4.69) is 31.1 Å². The van der Waals surface area contributed by atoms with Gasteiger partial charge in [0.2, 0.25) is 5.95 Å². The molecule has 110 valence electrons. The molecule has 2 aliphatic rings. The lowest BCUT2D eigenvalue weighted by Crippen LogP contribution is -2.36. The number of hydrogen-bond donors (Lipinski definition) is 2. The number of rotatable bonds is 2. The van der Waals surface area contributed by atoms with Gasteiger partial charge in [0.15, 0.2) is 0 Å². The molecule has 1 atom stereocenters. The van der Waals surface area contributed by atoms with Crippen molar-refractivity contribution in [1.82, 2.24) is 20.2 Å². The fourth-order valence-corrected chi connectivity index (χ4v) is 3.61. The highest BCUT2D eigenvalue weighted by atomic mass is 15.2. The quantitative estimate of drug-likeness (QED) is 0.876. The van der Waals surface area contributed by atoms with Crippen LogP contribution >= 0.6 is 0 Å². The third-order valence-corrected chi connectivity index (χ3v) is 4.61. The van der Waals surface area contributed by atoms with Gasteiger partial charge in [0.25, 0.3) is 0 Å². The van der Waals surface area contributed by atoms with Crippen LogP contribution in [0, 0.1) is 0 Å². The van der Waals surface area contributed by atoms with Crippen molar-refractivity contribution in [2.24, 2.45) is 0 Å². The molecule has 0 aromatic carbocycles. The van der Waals surface area contributed by atoms with Gasteiger partial charge in [-0.15, -0.1) is 0 Å². The van der Waals surface area contributed by atoms with E-state index in [1.807, 2.05) is 6.20 Å². The molecule has 1 aliphatic carbocycles. The smallest absolute Gasteiger partial charge is 0.222 e. The van der Waals surface area contributed by atoms with Crippen molar-refractivity contribution in [3.05, 3.63) is 29.2 Å². The maximum atomic E-state index is 5.90. The topological polar surface area (TPSA) is 83.7 Å². The van der Waals surface area contributed by atoms with Gasteiger partial charge in [-0.2, -0.15) is 10.1 Å². The molecule has 21 heavy (non-hydrogen) atoms. The first-order valence-corrected chi connectivity index (χ1v) is 7.71. The second-order valence-electron chi connectivity index (χ2n) is 5.98. The summed E-state index contributed by atoms with van der Waals surface area (Å²) in [6.45, 7) is 2.03. The normalized spacial score (nSPS) is 21.5. The maximum Gasteiger partial charge on any atom is 0.222 e. The number of anilines is 2. The summed E-state index contributed by atoms with van der Waals surface area (Å²) in [5, 5.41) is 7.19. The summed E-state index contributed by atoms with van der Waals surface area (Å²) in [6.07, 6.45) is 7.47. The van der Waals surface area contributed by atoms with Crippen LogP contribution in [0.4, 0.5) is 11.8 Å². The predicted molar refractivity (Wildman–Crippen MR) is 81.2 cm³/mol. The number of fused-ring (bicyclic) bond motifs is 1. The average Bonchev–Trinajstić information content (AvgIpc) is 3.17. The summed E-state index contributed by atoms with van der Waals surface area (Å²) in [5.74, 6) is 1.98. The Kier molecular flexibility index (Phi) is 3.02. The zero-order chi connectivity index (χ0) is 14.2. The lowest BCUT2D eigenvalue weighted by Gasteiger charge is -2.34. The van der Waals surface area contributed by atoms with E-state index in [9.17, 15) is 0 Å². The third kappa shape index (κ3) is 2.24. The number of piperidine rings is 1. The SMILES string of the molecule is Nc1nc2c(c(N3CCCC(c4ccn[nH]4)C3)n1)CCC2. The van der Waals surface area contributed by atoms with Crippen LogP contribution in [0.15, 0.2) is 12.3 Å². The first-order chi connectivity index (χ1) is 10.3. The number of aromatic nitrogens is 4. The molecule has 2 aromatic heterocycles. The van der Waals surface area contributed by atoms with Crippen molar-refractivity contribution >= 4 is 11.8 Å². The Bertz CT molecular complexity index is 636. The molecule has 0 radical (unpaired) electrons. The maximum absolute atomic E-state index is 5.90. The molecule has 1 aliphatic heterocycles. The van der Waals surface area contributed by atoms with E-state index in [0.717, 1.165) is 43.9 Å². The Balaban J connectivity index is 1.64. The van der Waals surface area contributed by atoms with Gasteiger partial charge in [-0.05, 0) is 38.2 Å². The second kappa shape index (κ2) is 5.02. The van der Waals surface area contributed by atoms with Crippen LogP contribution in [0.1, 0.15) is 42.1 Å². The van der Waals surface area contributed by atoms with E-state index in [0.29, 0.717) is 11.9 Å². The number of hydrogen-bond acceptors (Lipinski definition) is 5. The van der Waals surface area contributed by atoms with Gasteiger partial charge in [-0.3, -0.25) is 5.10 Å². The van der Waals surface area contributed by atoms with E-state index in [1.54, 1.807) is 0 Å². The van der Waals surface area contributed by atoms with Crippen LogP contribution in [0.3, 0.4) is 0 Å². The molecule has 0 bridgehead atoms. The Morgan fingerprint density at radius 2 is 2.19 bits per heavy atom. The fourth-order valence-electron chi connectivity index (χ4n) is 3.61. The fraction of sp³-hybridized carbons (Fsp3) is 0.533. The molecule has 1 unspecified atom stereocenters. The molecule has 3 N–H and O–H groups in total. The Labute approximate surface area is 123 Å². The van der Waals surface area contributed by atoms with Crippen molar-refractivity contribution in [2.45, 2.75) is 38.0 Å². The zero-order valence-corrected chi connectivity index (χ0v) is 12.0. The van der Waals surface area contributed by atoms with Gasteiger partial charge >= 0.3 is 0 Å². The molecule has 4 rings (SSSR count). The monoisotopic (exact) mass is 284 g/mol. The molecule has 6 nitrogen and oxygen atoms in total. The van der Waals surface area contributed by atoms with Gasteiger partial charge in [-0.1, -0.05) is 0 Å². The zero-order valence-electron chi connectivity index (χ0n) is 12.0. The molecule has 0 saturated carbocycles. The molecule has 0 amide bonds. The molecule has 0 spiro atoms. The molecule has 6 heteroatoms. The molecule has 2 aromatic rings. The average molecular weight is 284 g/mol. The van der Waals surface area contributed by atoms with E-state index in [1.165, 1.54) is 24.1 Å². The van der Waals surface area contributed by atoms with Crippen LogP contribution in [-0.4, -0.2) is 33.3 Å². The Morgan fingerprint density at radius 1 is 1.24 bits per heavy atom. The van der Waals surface area contributed by atoms with Crippen LogP contribution in [0.2, 0.25) is 0 Å². The van der Waals surface area contributed by atoms with E-state index >= 15 is 0 Å². The van der Waals surface area contributed by atoms with Gasteiger partial charge in [-0.25, -0.2) is 4.98 Å². The van der Waals surface area contributed by atoms with Crippen LogP contribution in [-0.2, 0) is 12.8 Å². The summed E-state index contributed by atoms with van der Waals surface area (Å²) in [6, 6.07) is 2.08. The van der Waals surface area contributed by atoms with Crippen molar-refractivity contribution in [2.75, 3.05) is 23.7 Å². The predicted octanol–water partition coefficient (Wildman–Crippen LogP) is 1.65. The largest absolute Gasteiger partial charge is 0.368 e. The highest BCUT2D eigenvalue weighted by Gasteiger charge is 2.27. The molecule has 1 saturated heterocycles. The second-order valence-corrected chi connectivity index (χ2v) is 5.98. The number of aromatic amines is 1. The first kappa shape index (κ1) is 12.6. The highest BCUT2D eigenvalue weighted by Crippen LogP contribution is 2.33. The van der Waals surface area contributed by atoms with Crippen LogP contribution in [0.5, 0.6) is 0 Å². The number of nitrogens with two attached hydrogens (primary N) is 1. The number of nitrogens with one attached hydrogen (secondary N) is 1. The Hall–Kier alpha value is -2.11. The minimum Gasteiger partial charge on any atom is -0.368 e. The molecule has 1 fully saturated rings. The number of H-pyrrole nitrogens is 1. The lowest BCUT2D eigenvalue weighted by molar-refractivity contribution is 0.497. The number of nitrogen functional groups attached to an aromatic ring is 1. The van der Waals surface area contributed by atoms with Gasteiger partial charge in [0.05, 0.1) is 5.69 Å². The van der Waals surface area contributed by atoms with Crippen LogP contribution < -0.4 is 10.6 Å². The van der Waals surface area contributed by atoms with Gasteiger partial charge in [0.1, 0.15) is 5.82 Å². The summed E-state index contributed by atoms with van der Waals surface area (Å²) < 4.78 is 0. The van der Waals surface area contributed by atoms with Crippen molar-refractivity contribution < 1.29 is 0 Å². The summed E-state index contributed by atoms with van der Waals surface area (Å²) >= 11 is 0. The summed E-state index contributed by atoms with van der Waals surface area (Å²) in [7, 11) is 0. The summed E-state index contributed by atoms with van der Waals surface area (Å²) in [4.78, 5) is 11.3. The van der Waals surface area contributed by atoms with Gasteiger partial charge in [0, 0.05) is 36.5 Å². The Morgan fingerprint density at radius 3 is 3.05 bits per heavy atom. The van der Waals surface area contributed by atoms with Gasteiger partial charge < -0.3 is 10.6 Å². The van der Waals surface area contributed by atoms with E-state index in [4.69, 9.17) is 5.73 Å². The van der Waals surface area contributed by atoms with Crippen molar-refractivity contribution in [3.8, 4) is 0 Å². The van der Waals surface area contributed by atoms with Crippen LogP contribution in [0.25, 0.3) is 0 Å². The third-order valence-electron chi connectivity index (χ3n) is 4.61. The highest BCUT2D eigenvalue weighted by molar-refractivity contribution is 5.54. The molecule has 3 heterocycles.